The maximum absolute atomic E-state index is 12.4. The quantitative estimate of drug-likeness (QED) is 0.0321. The Morgan fingerprint density at radius 2 is 0.781 bits per heavy atom. The zero-order chi connectivity index (χ0) is 46.5. The first kappa shape index (κ1) is 62.1. The average Bonchev–Trinajstić information content (AvgIpc) is 3.29. The Bertz CT molecular complexity index is 1040. The zero-order valence-corrected chi connectivity index (χ0v) is 42.8. The van der Waals surface area contributed by atoms with Gasteiger partial charge in [0, 0.05) is 12.8 Å². The second-order valence-electron chi connectivity index (χ2n) is 19.3. The van der Waals surface area contributed by atoms with Gasteiger partial charge in [-0.05, 0) is 70.6 Å². The first-order chi connectivity index (χ1) is 31.5. The maximum atomic E-state index is 12.4. The molecule has 0 spiro atoms. The molecule has 0 rings (SSSR count). The van der Waals surface area contributed by atoms with Crippen molar-refractivity contribution >= 4 is 11.9 Å². The summed E-state index contributed by atoms with van der Waals surface area (Å²) >= 11 is 0. The summed E-state index contributed by atoms with van der Waals surface area (Å²) in [5, 5.41) is 23.0. The second-order valence-corrected chi connectivity index (χ2v) is 19.3. The largest absolute Gasteiger partial charge is 0.466 e. The highest BCUT2D eigenvalue weighted by Gasteiger charge is 2.18. The van der Waals surface area contributed by atoms with Gasteiger partial charge in [-0.25, -0.2) is 0 Å². The molecule has 0 saturated heterocycles. The lowest BCUT2D eigenvalue weighted by Gasteiger charge is -2.20. The number of carbonyl (C=O) groups excluding carboxylic acids is 2. The Morgan fingerprint density at radius 1 is 0.438 bits per heavy atom. The molecule has 3 N–H and O–H groups in total. The first-order valence-corrected chi connectivity index (χ1v) is 28.3. The van der Waals surface area contributed by atoms with Crippen LogP contribution in [0.25, 0.3) is 0 Å². The summed E-state index contributed by atoms with van der Waals surface area (Å²) in [6.45, 7) is 4.86. The van der Waals surface area contributed by atoms with Crippen LogP contribution in [0.4, 0.5) is 0 Å². The summed E-state index contributed by atoms with van der Waals surface area (Å²) in [5.41, 5.74) is 0. The van der Waals surface area contributed by atoms with Crippen molar-refractivity contribution in [1.82, 2.24) is 5.32 Å². The van der Waals surface area contributed by atoms with Gasteiger partial charge in [0.2, 0.25) is 5.91 Å². The Labute approximate surface area is 398 Å². The van der Waals surface area contributed by atoms with Crippen LogP contribution in [-0.4, -0.2) is 47.4 Å². The highest BCUT2D eigenvalue weighted by Crippen LogP contribution is 2.16. The van der Waals surface area contributed by atoms with Gasteiger partial charge >= 0.3 is 5.97 Å². The SMILES string of the molecule is CCCCCCCCCCCC/C=C/C(O)C(CO)NC(=O)CCCCCCCCC/C=C\C/C=C\CCCCCOC(=O)CCCCCCCCCCCCCCCCCCCC. The number of hydrogen-bond donors (Lipinski definition) is 3. The number of aliphatic hydroxyl groups excluding tert-OH is 2. The third kappa shape index (κ3) is 49.5. The number of nitrogens with one attached hydrogen (secondary N) is 1. The fourth-order valence-electron chi connectivity index (χ4n) is 8.55. The third-order valence-corrected chi connectivity index (χ3v) is 12.9. The normalized spacial score (nSPS) is 12.9. The van der Waals surface area contributed by atoms with Crippen LogP contribution < -0.4 is 5.32 Å². The number of carbonyl (C=O) groups is 2. The van der Waals surface area contributed by atoms with Gasteiger partial charge in [-0.3, -0.25) is 9.59 Å². The van der Waals surface area contributed by atoms with E-state index in [1.54, 1.807) is 6.08 Å². The van der Waals surface area contributed by atoms with Crippen LogP contribution in [-0.2, 0) is 14.3 Å². The monoisotopic (exact) mass is 900 g/mol. The van der Waals surface area contributed by atoms with E-state index in [-0.39, 0.29) is 18.5 Å². The van der Waals surface area contributed by atoms with Crippen molar-refractivity contribution in [2.45, 2.75) is 309 Å². The molecule has 2 unspecified atom stereocenters. The van der Waals surface area contributed by atoms with Gasteiger partial charge in [0.1, 0.15) is 0 Å². The average molecular weight is 901 g/mol. The van der Waals surface area contributed by atoms with Gasteiger partial charge < -0.3 is 20.3 Å². The minimum atomic E-state index is -0.854. The zero-order valence-electron chi connectivity index (χ0n) is 42.8. The van der Waals surface area contributed by atoms with Gasteiger partial charge in [-0.1, -0.05) is 249 Å². The van der Waals surface area contributed by atoms with Crippen molar-refractivity contribution in [3.05, 3.63) is 36.5 Å². The van der Waals surface area contributed by atoms with Crippen LogP contribution in [0.2, 0.25) is 0 Å². The van der Waals surface area contributed by atoms with E-state index in [1.165, 1.54) is 186 Å². The Kier molecular flexibility index (Phi) is 52.1. The van der Waals surface area contributed by atoms with E-state index in [0.29, 0.717) is 19.4 Å². The lowest BCUT2D eigenvalue weighted by Crippen LogP contribution is -2.45. The number of amides is 1. The van der Waals surface area contributed by atoms with Crippen molar-refractivity contribution < 1.29 is 24.5 Å². The number of allylic oxidation sites excluding steroid dienone is 5. The molecule has 376 valence electrons. The topological polar surface area (TPSA) is 95.9 Å². The lowest BCUT2D eigenvalue weighted by atomic mass is 10.0. The molecular formula is C58H109NO5. The van der Waals surface area contributed by atoms with Gasteiger partial charge in [-0.2, -0.15) is 0 Å². The van der Waals surface area contributed by atoms with E-state index in [2.05, 4.69) is 43.5 Å². The van der Waals surface area contributed by atoms with Gasteiger partial charge in [0.25, 0.3) is 0 Å². The van der Waals surface area contributed by atoms with Crippen molar-refractivity contribution in [2.75, 3.05) is 13.2 Å². The standard InChI is InChI=1S/C58H109NO5/c1-3-5-7-9-11-13-15-17-18-19-22-25-28-32-36-40-44-48-52-58(63)64-53-49-45-41-37-33-29-26-23-20-21-24-27-31-35-39-43-47-51-57(62)59-55(54-60)56(61)50-46-42-38-34-30-16-14-12-10-8-6-4-2/h20,23,29,33,46,50,55-56,60-61H,3-19,21-22,24-28,30-32,34-45,47-49,51-54H2,1-2H3,(H,59,62)/b23-20-,33-29-,50-46+. The van der Waals surface area contributed by atoms with Crippen LogP contribution in [0.15, 0.2) is 36.5 Å². The molecule has 0 fully saturated rings. The Balaban J connectivity index is 3.49. The molecule has 0 saturated carbocycles. The third-order valence-electron chi connectivity index (χ3n) is 12.9. The number of unbranched alkanes of at least 4 members (excludes halogenated alkanes) is 37. The molecule has 0 radical (unpaired) electrons. The lowest BCUT2D eigenvalue weighted by molar-refractivity contribution is -0.143. The maximum Gasteiger partial charge on any atom is 0.305 e. The van der Waals surface area contributed by atoms with Crippen molar-refractivity contribution in [3.63, 3.8) is 0 Å². The summed E-state index contributed by atoms with van der Waals surface area (Å²) in [4.78, 5) is 24.5. The predicted octanol–water partition coefficient (Wildman–Crippen LogP) is 17.2. The highest BCUT2D eigenvalue weighted by atomic mass is 16.5. The van der Waals surface area contributed by atoms with Crippen LogP contribution >= 0.6 is 0 Å². The minimum Gasteiger partial charge on any atom is -0.466 e. The molecule has 0 heterocycles. The number of aliphatic hydroxyl groups is 2. The molecule has 64 heavy (non-hydrogen) atoms. The van der Waals surface area contributed by atoms with Crippen LogP contribution in [0.1, 0.15) is 296 Å². The van der Waals surface area contributed by atoms with E-state index in [0.717, 1.165) is 83.5 Å². The molecule has 0 bridgehead atoms. The summed E-state index contributed by atoms with van der Waals surface area (Å²) in [5.74, 6) is -0.0974. The number of esters is 1. The fourth-order valence-corrected chi connectivity index (χ4v) is 8.55. The molecule has 0 aliphatic heterocycles. The molecule has 2 atom stereocenters. The molecular weight excluding hydrogens is 791 g/mol. The minimum absolute atomic E-state index is 0.0125. The van der Waals surface area contributed by atoms with E-state index >= 15 is 0 Å². The van der Waals surface area contributed by atoms with E-state index < -0.39 is 12.1 Å². The van der Waals surface area contributed by atoms with Crippen LogP contribution in [0.3, 0.4) is 0 Å². The number of rotatable bonds is 52. The van der Waals surface area contributed by atoms with Crippen LogP contribution in [0.5, 0.6) is 0 Å². The van der Waals surface area contributed by atoms with E-state index in [9.17, 15) is 19.8 Å². The first-order valence-electron chi connectivity index (χ1n) is 28.3. The number of ether oxygens (including phenoxy) is 1. The molecule has 1 amide bonds. The number of hydrogen-bond acceptors (Lipinski definition) is 5. The van der Waals surface area contributed by atoms with Crippen LogP contribution in [0, 0.1) is 0 Å². The molecule has 0 aliphatic rings. The highest BCUT2D eigenvalue weighted by molar-refractivity contribution is 5.76. The summed E-state index contributed by atoms with van der Waals surface area (Å²) < 4.78 is 5.46. The summed E-state index contributed by atoms with van der Waals surface area (Å²) in [6.07, 6.45) is 65.9. The molecule has 0 aromatic rings. The molecule has 0 aliphatic carbocycles. The summed E-state index contributed by atoms with van der Waals surface area (Å²) in [6, 6.07) is -0.639. The predicted molar refractivity (Wildman–Crippen MR) is 278 cm³/mol. The second kappa shape index (κ2) is 53.7. The van der Waals surface area contributed by atoms with Crippen molar-refractivity contribution in [2.24, 2.45) is 0 Å². The Hall–Kier alpha value is -1.92. The van der Waals surface area contributed by atoms with Crippen molar-refractivity contribution in [3.8, 4) is 0 Å². The van der Waals surface area contributed by atoms with Crippen molar-refractivity contribution in [1.29, 1.82) is 0 Å². The molecule has 6 nitrogen and oxygen atoms in total. The fraction of sp³-hybridized carbons (Fsp3) is 0.862. The van der Waals surface area contributed by atoms with Gasteiger partial charge in [0.15, 0.2) is 0 Å². The van der Waals surface area contributed by atoms with Gasteiger partial charge in [-0.15, -0.1) is 0 Å². The smallest absolute Gasteiger partial charge is 0.305 e. The summed E-state index contributed by atoms with van der Waals surface area (Å²) in [7, 11) is 0. The molecule has 6 heteroatoms. The van der Waals surface area contributed by atoms with Gasteiger partial charge in [0.05, 0.1) is 25.4 Å². The van der Waals surface area contributed by atoms with E-state index in [4.69, 9.17) is 4.74 Å². The van der Waals surface area contributed by atoms with E-state index in [1.807, 2.05) is 6.08 Å². The molecule has 0 aromatic carbocycles. The molecule has 0 aromatic heterocycles. The Morgan fingerprint density at radius 3 is 1.19 bits per heavy atom.